The summed E-state index contributed by atoms with van der Waals surface area (Å²) in [7, 11) is 0. The van der Waals surface area contributed by atoms with Crippen molar-refractivity contribution in [3.63, 3.8) is 0 Å². The van der Waals surface area contributed by atoms with E-state index in [-0.39, 0.29) is 11.8 Å². The maximum Gasteiger partial charge on any atom is 0.220 e. The number of amides is 2. The van der Waals surface area contributed by atoms with Crippen LogP contribution in [0.2, 0.25) is 0 Å². The summed E-state index contributed by atoms with van der Waals surface area (Å²) in [4.78, 5) is 23.7. The summed E-state index contributed by atoms with van der Waals surface area (Å²) >= 11 is 0. The molecule has 0 bridgehead atoms. The Bertz CT molecular complexity index is 325. The molecule has 128 valence electrons. The predicted molar refractivity (Wildman–Crippen MR) is 90.6 cm³/mol. The van der Waals surface area contributed by atoms with Crippen LogP contribution in [-0.4, -0.2) is 24.4 Å². The molecule has 22 heavy (non-hydrogen) atoms. The lowest BCUT2D eigenvalue weighted by molar-refractivity contribution is -0.127. The van der Waals surface area contributed by atoms with Crippen molar-refractivity contribution in [2.24, 2.45) is 5.92 Å². The third-order valence-corrected chi connectivity index (χ3v) is 4.68. The van der Waals surface area contributed by atoms with E-state index in [0.29, 0.717) is 24.8 Å². The van der Waals surface area contributed by atoms with Gasteiger partial charge in [-0.2, -0.15) is 0 Å². The highest BCUT2D eigenvalue weighted by Crippen LogP contribution is 2.17. The van der Waals surface area contributed by atoms with Gasteiger partial charge in [0.25, 0.3) is 0 Å². The van der Waals surface area contributed by atoms with E-state index in [1.54, 1.807) is 0 Å². The van der Waals surface area contributed by atoms with Gasteiger partial charge in [0, 0.05) is 25.4 Å². The molecule has 1 atom stereocenters. The van der Waals surface area contributed by atoms with Gasteiger partial charge in [-0.15, -0.1) is 0 Å². The van der Waals surface area contributed by atoms with E-state index in [1.807, 2.05) is 0 Å². The van der Waals surface area contributed by atoms with Gasteiger partial charge in [-0.05, 0) is 25.2 Å². The molecule has 1 saturated carbocycles. The fraction of sp³-hybridized carbons (Fsp3) is 0.889. The first-order valence-electron chi connectivity index (χ1n) is 9.21. The zero-order valence-corrected chi connectivity index (χ0v) is 14.5. The number of hydrogen-bond acceptors (Lipinski definition) is 2. The third-order valence-electron chi connectivity index (χ3n) is 4.68. The Morgan fingerprint density at radius 2 is 1.73 bits per heavy atom. The van der Waals surface area contributed by atoms with E-state index in [2.05, 4.69) is 24.5 Å². The summed E-state index contributed by atoms with van der Waals surface area (Å²) in [6.07, 6.45) is 11.2. The van der Waals surface area contributed by atoms with Crippen LogP contribution in [-0.2, 0) is 9.59 Å². The van der Waals surface area contributed by atoms with Crippen molar-refractivity contribution >= 4 is 11.8 Å². The normalized spacial score (nSPS) is 17.0. The molecule has 1 fully saturated rings. The summed E-state index contributed by atoms with van der Waals surface area (Å²) in [5.41, 5.74) is 0. The SMILES string of the molecule is CCCCC(CC)CNC(=O)CCC(=O)NC1CCCCC1. The molecule has 1 unspecified atom stereocenters. The summed E-state index contributed by atoms with van der Waals surface area (Å²) in [5, 5.41) is 6.04. The molecule has 0 aromatic rings. The average Bonchev–Trinajstić information content (AvgIpc) is 2.54. The van der Waals surface area contributed by atoms with Crippen molar-refractivity contribution in [1.29, 1.82) is 0 Å². The Kier molecular flexibility index (Phi) is 9.93. The Morgan fingerprint density at radius 3 is 2.36 bits per heavy atom. The van der Waals surface area contributed by atoms with Crippen molar-refractivity contribution in [2.75, 3.05) is 6.54 Å². The molecule has 2 amide bonds. The summed E-state index contributed by atoms with van der Waals surface area (Å²) in [6.45, 7) is 5.11. The minimum atomic E-state index is 0.00810. The molecule has 2 N–H and O–H groups in total. The van der Waals surface area contributed by atoms with Crippen LogP contribution in [0.15, 0.2) is 0 Å². The van der Waals surface area contributed by atoms with Gasteiger partial charge < -0.3 is 10.6 Å². The van der Waals surface area contributed by atoms with E-state index in [1.165, 1.54) is 38.5 Å². The molecule has 1 aliphatic rings. The monoisotopic (exact) mass is 310 g/mol. The number of nitrogens with one attached hydrogen (secondary N) is 2. The molecule has 0 aromatic carbocycles. The van der Waals surface area contributed by atoms with Gasteiger partial charge in [0.1, 0.15) is 0 Å². The van der Waals surface area contributed by atoms with Gasteiger partial charge in [-0.25, -0.2) is 0 Å². The van der Waals surface area contributed by atoms with Crippen molar-refractivity contribution in [3.8, 4) is 0 Å². The van der Waals surface area contributed by atoms with Crippen molar-refractivity contribution in [3.05, 3.63) is 0 Å². The smallest absolute Gasteiger partial charge is 0.220 e. The standard InChI is InChI=1S/C18H34N2O2/c1-3-5-9-15(4-2)14-19-17(21)12-13-18(22)20-16-10-7-6-8-11-16/h15-16H,3-14H2,1-2H3,(H,19,21)(H,20,22). The number of unbranched alkanes of at least 4 members (excludes halogenated alkanes) is 1. The number of carbonyl (C=O) groups excluding carboxylic acids is 2. The van der Waals surface area contributed by atoms with Crippen molar-refractivity contribution < 1.29 is 9.59 Å². The van der Waals surface area contributed by atoms with Gasteiger partial charge in [0.05, 0.1) is 0 Å². The molecular formula is C18H34N2O2. The number of rotatable bonds is 10. The molecule has 1 rings (SSSR count). The third kappa shape index (κ3) is 8.40. The molecule has 4 heteroatoms. The minimum absolute atomic E-state index is 0.00810. The topological polar surface area (TPSA) is 58.2 Å². The zero-order chi connectivity index (χ0) is 16.2. The van der Waals surface area contributed by atoms with Crippen LogP contribution in [0.3, 0.4) is 0 Å². The molecule has 0 aromatic heterocycles. The number of carbonyl (C=O) groups is 2. The van der Waals surface area contributed by atoms with Crippen LogP contribution >= 0.6 is 0 Å². The first kappa shape index (κ1) is 19.0. The lowest BCUT2D eigenvalue weighted by Gasteiger charge is -2.22. The lowest BCUT2D eigenvalue weighted by Crippen LogP contribution is -2.37. The van der Waals surface area contributed by atoms with Gasteiger partial charge >= 0.3 is 0 Å². The summed E-state index contributed by atoms with van der Waals surface area (Å²) in [5.74, 6) is 0.605. The Balaban J connectivity index is 2.12. The average molecular weight is 310 g/mol. The summed E-state index contributed by atoms with van der Waals surface area (Å²) in [6, 6.07) is 0.336. The molecule has 0 heterocycles. The Morgan fingerprint density at radius 1 is 1.05 bits per heavy atom. The van der Waals surface area contributed by atoms with Crippen LogP contribution in [0.1, 0.15) is 84.5 Å². The fourth-order valence-corrected chi connectivity index (χ4v) is 3.06. The molecule has 0 saturated heterocycles. The van der Waals surface area contributed by atoms with Crippen LogP contribution in [0.5, 0.6) is 0 Å². The Labute approximate surface area is 135 Å². The zero-order valence-electron chi connectivity index (χ0n) is 14.5. The van der Waals surface area contributed by atoms with Crippen molar-refractivity contribution in [1.82, 2.24) is 10.6 Å². The first-order valence-corrected chi connectivity index (χ1v) is 9.21. The fourth-order valence-electron chi connectivity index (χ4n) is 3.06. The van der Waals surface area contributed by atoms with Crippen LogP contribution in [0.4, 0.5) is 0 Å². The molecule has 0 radical (unpaired) electrons. The van der Waals surface area contributed by atoms with E-state index in [4.69, 9.17) is 0 Å². The van der Waals surface area contributed by atoms with E-state index in [0.717, 1.165) is 25.8 Å². The van der Waals surface area contributed by atoms with Gasteiger partial charge in [-0.1, -0.05) is 52.4 Å². The lowest BCUT2D eigenvalue weighted by atomic mass is 9.95. The van der Waals surface area contributed by atoms with Crippen molar-refractivity contribution in [2.45, 2.75) is 90.5 Å². The first-order chi connectivity index (χ1) is 10.7. The summed E-state index contributed by atoms with van der Waals surface area (Å²) < 4.78 is 0. The molecule has 1 aliphatic carbocycles. The Hall–Kier alpha value is -1.06. The van der Waals surface area contributed by atoms with E-state index < -0.39 is 0 Å². The highest BCUT2D eigenvalue weighted by Gasteiger charge is 2.16. The number of hydrogen-bond donors (Lipinski definition) is 2. The van der Waals surface area contributed by atoms with Crippen LogP contribution in [0, 0.1) is 5.92 Å². The van der Waals surface area contributed by atoms with Gasteiger partial charge in [-0.3, -0.25) is 9.59 Å². The molecule has 0 aliphatic heterocycles. The maximum absolute atomic E-state index is 11.9. The van der Waals surface area contributed by atoms with Crippen LogP contribution in [0.25, 0.3) is 0 Å². The predicted octanol–water partition coefficient (Wildman–Crippen LogP) is 3.55. The highest BCUT2D eigenvalue weighted by molar-refractivity contribution is 5.83. The van der Waals surface area contributed by atoms with E-state index in [9.17, 15) is 9.59 Å². The molecule has 4 nitrogen and oxygen atoms in total. The van der Waals surface area contributed by atoms with Crippen LogP contribution < -0.4 is 10.6 Å². The second-order valence-corrected chi connectivity index (χ2v) is 6.62. The highest BCUT2D eigenvalue weighted by atomic mass is 16.2. The van der Waals surface area contributed by atoms with Gasteiger partial charge in [0.15, 0.2) is 0 Å². The van der Waals surface area contributed by atoms with Gasteiger partial charge in [0.2, 0.25) is 11.8 Å². The largest absolute Gasteiger partial charge is 0.356 e. The molecule has 0 spiro atoms. The molecular weight excluding hydrogens is 276 g/mol. The quantitative estimate of drug-likeness (QED) is 0.648. The second-order valence-electron chi connectivity index (χ2n) is 6.62. The van der Waals surface area contributed by atoms with E-state index >= 15 is 0 Å². The second kappa shape index (κ2) is 11.5. The maximum atomic E-state index is 11.9. The minimum Gasteiger partial charge on any atom is -0.356 e.